The van der Waals surface area contributed by atoms with Crippen LogP contribution in [0.25, 0.3) is 16.8 Å². The highest BCUT2D eigenvalue weighted by Crippen LogP contribution is 2.38. The van der Waals surface area contributed by atoms with Gasteiger partial charge in [-0.1, -0.05) is 29.9 Å². The molecule has 0 saturated heterocycles. The Morgan fingerprint density at radius 1 is 1.17 bits per heavy atom. The third kappa shape index (κ3) is 4.81. The molecule has 1 aliphatic heterocycles. The highest BCUT2D eigenvalue weighted by atomic mass is 16.6. The van der Waals surface area contributed by atoms with Crippen LogP contribution in [0, 0.1) is 0 Å². The lowest BCUT2D eigenvalue weighted by molar-refractivity contribution is 0.129. The summed E-state index contributed by atoms with van der Waals surface area (Å²) in [5, 5.41) is 2.11. The number of nitrogens with zero attached hydrogens (tertiary/aromatic N) is 1. The van der Waals surface area contributed by atoms with Crippen molar-refractivity contribution in [1.82, 2.24) is 4.90 Å². The number of ether oxygens (including phenoxy) is 2. The van der Waals surface area contributed by atoms with Crippen molar-refractivity contribution in [3.8, 4) is 11.5 Å². The number of rotatable bonds is 6. The van der Waals surface area contributed by atoms with Crippen LogP contribution in [-0.2, 0) is 0 Å². The molecule has 0 bridgehead atoms. The van der Waals surface area contributed by atoms with Crippen molar-refractivity contribution in [2.75, 3.05) is 13.1 Å². The molecular formula is C25H31NO3. The molecule has 1 atom stereocenters. The van der Waals surface area contributed by atoms with Crippen LogP contribution in [0.2, 0.25) is 0 Å². The molecule has 0 unspecified atom stereocenters. The standard InChI is InChI=1S/C25H31NO3/c1-6-26(7-2)24(27)28-20-12-10-19-11-13-23-21(22(19)17-20)14-16-25(5,29-23)15-8-9-18(3)4/h9-14,16-17H,6-8,15H2,1-5H3/t25-/m1/s1. The molecule has 154 valence electrons. The van der Waals surface area contributed by atoms with Gasteiger partial charge >= 0.3 is 6.09 Å². The Kier molecular flexibility index (Phi) is 6.31. The van der Waals surface area contributed by atoms with Crippen LogP contribution in [0.4, 0.5) is 4.79 Å². The molecule has 0 aromatic heterocycles. The average Bonchev–Trinajstić information content (AvgIpc) is 2.68. The van der Waals surface area contributed by atoms with Crippen LogP contribution in [0.5, 0.6) is 11.5 Å². The molecule has 2 aromatic rings. The maximum Gasteiger partial charge on any atom is 0.415 e. The zero-order chi connectivity index (χ0) is 21.0. The average molecular weight is 394 g/mol. The Hall–Kier alpha value is -2.75. The van der Waals surface area contributed by atoms with Crippen LogP contribution in [0.1, 0.15) is 53.0 Å². The van der Waals surface area contributed by atoms with E-state index in [1.54, 1.807) is 4.90 Å². The Labute approximate surface area is 173 Å². The summed E-state index contributed by atoms with van der Waals surface area (Å²) >= 11 is 0. The summed E-state index contributed by atoms with van der Waals surface area (Å²) < 4.78 is 12.0. The first-order valence-electron chi connectivity index (χ1n) is 10.4. The largest absolute Gasteiger partial charge is 0.483 e. The highest BCUT2D eigenvalue weighted by molar-refractivity contribution is 5.95. The number of allylic oxidation sites excluding steroid dienone is 2. The normalized spacial score (nSPS) is 17.4. The maximum atomic E-state index is 12.3. The Balaban J connectivity index is 1.87. The molecule has 0 saturated carbocycles. The van der Waals surface area contributed by atoms with Gasteiger partial charge in [-0.2, -0.15) is 0 Å². The predicted octanol–water partition coefficient (Wildman–Crippen LogP) is 6.59. The van der Waals surface area contributed by atoms with Gasteiger partial charge in [0.1, 0.15) is 17.1 Å². The first-order chi connectivity index (χ1) is 13.8. The van der Waals surface area contributed by atoms with Crippen LogP contribution >= 0.6 is 0 Å². The molecule has 0 radical (unpaired) electrons. The zero-order valence-electron chi connectivity index (χ0n) is 18.1. The third-order valence-corrected chi connectivity index (χ3v) is 5.36. The van der Waals surface area contributed by atoms with E-state index in [4.69, 9.17) is 9.47 Å². The molecule has 4 heteroatoms. The fourth-order valence-electron chi connectivity index (χ4n) is 3.60. The van der Waals surface area contributed by atoms with E-state index in [-0.39, 0.29) is 11.7 Å². The molecule has 29 heavy (non-hydrogen) atoms. The molecule has 3 rings (SSSR count). The van der Waals surface area contributed by atoms with Crippen molar-refractivity contribution in [3.63, 3.8) is 0 Å². The van der Waals surface area contributed by atoms with Crippen molar-refractivity contribution < 1.29 is 14.3 Å². The van der Waals surface area contributed by atoms with Crippen LogP contribution in [-0.4, -0.2) is 29.7 Å². The second-order valence-corrected chi connectivity index (χ2v) is 7.97. The second kappa shape index (κ2) is 8.73. The lowest BCUT2D eigenvalue weighted by Gasteiger charge is -2.32. The maximum absolute atomic E-state index is 12.3. The summed E-state index contributed by atoms with van der Waals surface area (Å²) in [6.07, 6.45) is 8.11. The summed E-state index contributed by atoms with van der Waals surface area (Å²) in [5.74, 6) is 1.42. The monoisotopic (exact) mass is 393 g/mol. The molecular weight excluding hydrogens is 362 g/mol. The number of benzene rings is 2. The first kappa shape index (κ1) is 21.0. The van der Waals surface area contributed by atoms with E-state index >= 15 is 0 Å². The summed E-state index contributed by atoms with van der Waals surface area (Å²) in [7, 11) is 0. The molecule has 1 heterocycles. The predicted molar refractivity (Wildman–Crippen MR) is 120 cm³/mol. The van der Waals surface area contributed by atoms with Gasteiger partial charge in [-0.25, -0.2) is 4.79 Å². The minimum atomic E-state index is -0.321. The van der Waals surface area contributed by atoms with Crippen LogP contribution in [0.3, 0.4) is 0 Å². The van der Waals surface area contributed by atoms with Crippen LogP contribution in [0.15, 0.2) is 48.1 Å². The number of hydrogen-bond acceptors (Lipinski definition) is 3. The van der Waals surface area contributed by atoms with Crippen molar-refractivity contribution in [2.45, 2.75) is 53.1 Å². The van der Waals surface area contributed by atoms with Gasteiger partial charge in [0.25, 0.3) is 0 Å². The van der Waals surface area contributed by atoms with Gasteiger partial charge in [-0.05, 0) is 82.5 Å². The molecule has 1 aliphatic rings. The van der Waals surface area contributed by atoms with E-state index in [9.17, 15) is 4.79 Å². The Bertz CT molecular complexity index is 952. The number of carbonyl (C=O) groups excluding carboxylic acids is 1. The SMILES string of the molecule is CCN(CC)C(=O)Oc1ccc2ccc3c(c2c1)C=C[C@@](C)(CCC=C(C)C)O3. The van der Waals surface area contributed by atoms with Gasteiger partial charge in [0.05, 0.1) is 0 Å². The smallest absolute Gasteiger partial charge is 0.415 e. The van der Waals surface area contributed by atoms with E-state index in [2.05, 4.69) is 45.1 Å². The third-order valence-electron chi connectivity index (χ3n) is 5.36. The lowest BCUT2D eigenvalue weighted by Crippen LogP contribution is -2.33. The lowest BCUT2D eigenvalue weighted by atomic mass is 9.92. The Morgan fingerprint density at radius 3 is 2.59 bits per heavy atom. The van der Waals surface area contributed by atoms with E-state index in [1.165, 1.54) is 5.57 Å². The molecule has 0 fully saturated rings. The highest BCUT2D eigenvalue weighted by Gasteiger charge is 2.27. The van der Waals surface area contributed by atoms with Gasteiger partial charge in [-0.3, -0.25) is 0 Å². The second-order valence-electron chi connectivity index (χ2n) is 7.97. The fraction of sp³-hybridized carbons (Fsp3) is 0.400. The zero-order valence-corrected chi connectivity index (χ0v) is 18.1. The van der Waals surface area contributed by atoms with Gasteiger partial charge in [-0.15, -0.1) is 0 Å². The minimum Gasteiger partial charge on any atom is -0.483 e. The van der Waals surface area contributed by atoms with Gasteiger partial charge < -0.3 is 14.4 Å². The molecule has 0 spiro atoms. The molecule has 4 nitrogen and oxygen atoms in total. The van der Waals surface area contributed by atoms with E-state index in [1.807, 2.05) is 38.1 Å². The number of carbonyl (C=O) groups is 1. The molecule has 2 aromatic carbocycles. The van der Waals surface area contributed by atoms with Gasteiger partial charge in [0, 0.05) is 18.7 Å². The van der Waals surface area contributed by atoms with Gasteiger partial charge in [0.15, 0.2) is 0 Å². The quantitative estimate of drug-likeness (QED) is 0.520. The van der Waals surface area contributed by atoms with E-state index in [0.717, 1.165) is 34.9 Å². The molecule has 1 amide bonds. The first-order valence-corrected chi connectivity index (χ1v) is 10.4. The van der Waals surface area contributed by atoms with Crippen LogP contribution < -0.4 is 9.47 Å². The van der Waals surface area contributed by atoms with Crippen molar-refractivity contribution in [3.05, 3.63) is 53.6 Å². The Morgan fingerprint density at radius 2 is 1.90 bits per heavy atom. The molecule has 0 aliphatic carbocycles. The topological polar surface area (TPSA) is 38.8 Å². The summed E-state index contributed by atoms with van der Waals surface area (Å²) in [4.78, 5) is 14.0. The fourth-order valence-corrected chi connectivity index (χ4v) is 3.60. The van der Waals surface area contributed by atoms with Crippen molar-refractivity contribution in [1.29, 1.82) is 0 Å². The van der Waals surface area contributed by atoms with Crippen molar-refractivity contribution in [2.24, 2.45) is 0 Å². The number of amides is 1. The molecule has 0 N–H and O–H groups in total. The number of fused-ring (bicyclic) bond motifs is 3. The van der Waals surface area contributed by atoms with Gasteiger partial charge in [0.2, 0.25) is 0 Å². The van der Waals surface area contributed by atoms with Crippen molar-refractivity contribution >= 4 is 22.9 Å². The van der Waals surface area contributed by atoms with E-state index in [0.29, 0.717) is 18.8 Å². The minimum absolute atomic E-state index is 0.320. The number of hydrogen-bond donors (Lipinski definition) is 0. The summed E-state index contributed by atoms with van der Waals surface area (Å²) in [5.41, 5.74) is 2.04. The van der Waals surface area contributed by atoms with E-state index < -0.39 is 0 Å². The summed E-state index contributed by atoms with van der Waals surface area (Å²) in [6, 6.07) is 9.83. The summed E-state index contributed by atoms with van der Waals surface area (Å²) in [6.45, 7) is 11.5.